The molecule has 0 bridgehead atoms. The first-order valence-electron chi connectivity index (χ1n) is 10.9. The Bertz CT molecular complexity index is 1240. The number of ether oxygens (including phenoxy) is 2. The summed E-state index contributed by atoms with van der Waals surface area (Å²) in [6.07, 6.45) is 5.36. The molecule has 1 aliphatic heterocycles. The fourth-order valence-corrected chi connectivity index (χ4v) is 5.47. The fourth-order valence-electron chi connectivity index (χ4n) is 4.04. The van der Waals surface area contributed by atoms with Gasteiger partial charge in [-0.3, -0.25) is 9.78 Å². The Hall–Kier alpha value is -3.44. The number of carbonyl (C=O) groups excluding carboxylic acids is 1. The number of nitrogens with zero attached hydrogens (tertiary/aromatic N) is 4. The zero-order valence-electron chi connectivity index (χ0n) is 19.0. The fraction of sp³-hybridized carbons (Fsp3) is 0.348. The van der Waals surface area contributed by atoms with Crippen LogP contribution in [0.4, 0.5) is 5.82 Å². The zero-order valence-corrected chi connectivity index (χ0v) is 19.9. The van der Waals surface area contributed by atoms with Gasteiger partial charge in [-0.25, -0.2) is 13.1 Å². The van der Waals surface area contributed by atoms with Crippen LogP contribution in [0.5, 0.6) is 11.5 Å². The maximum absolute atomic E-state index is 12.9. The van der Waals surface area contributed by atoms with Crippen LogP contribution in [0, 0.1) is 5.92 Å². The Kier molecular flexibility index (Phi) is 7.13. The van der Waals surface area contributed by atoms with Crippen molar-refractivity contribution in [2.24, 2.45) is 5.92 Å². The highest BCUT2D eigenvalue weighted by Gasteiger charge is 2.32. The minimum Gasteiger partial charge on any atom is -0.493 e. The average molecular weight is 486 g/mol. The van der Waals surface area contributed by atoms with Crippen molar-refractivity contribution >= 4 is 21.7 Å². The summed E-state index contributed by atoms with van der Waals surface area (Å²) in [6.45, 7) is 0.927. The molecule has 2 aromatic heterocycles. The molecule has 34 heavy (non-hydrogen) atoms. The lowest BCUT2D eigenvalue weighted by atomic mass is 9.97. The van der Waals surface area contributed by atoms with Gasteiger partial charge in [-0.1, -0.05) is 12.1 Å². The molecule has 1 aliphatic rings. The standard InChI is InChI=1S/C23H27N5O5S/c1-32-20-7-3-5-18(22(20)33-2)16-28-21(8-12-25-28)26-23(29)17-9-13-27(14-10-17)34(30,31)19-6-4-11-24-15-19/h3-8,11-12,15,17H,9-10,13-14,16H2,1-2H3,(H,26,29). The van der Waals surface area contributed by atoms with Crippen LogP contribution < -0.4 is 14.8 Å². The highest BCUT2D eigenvalue weighted by Crippen LogP contribution is 2.32. The minimum atomic E-state index is -3.61. The molecule has 3 heterocycles. The minimum absolute atomic E-state index is 0.155. The summed E-state index contributed by atoms with van der Waals surface area (Å²) < 4.78 is 39.5. The Balaban J connectivity index is 1.40. The second-order valence-electron chi connectivity index (χ2n) is 7.88. The predicted molar refractivity (Wildman–Crippen MR) is 125 cm³/mol. The van der Waals surface area contributed by atoms with Crippen LogP contribution in [0.3, 0.4) is 0 Å². The molecule has 10 nitrogen and oxygen atoms in total. The molecule has 0 aliphatic carbocycles. The monoisotopic (exact) mass is 485 g/mol. The molecule has 1 amide bonds. The summed E-state index contributed by atoms with van der Waals surface area (Å²) in [5.74, 6) is 1.33. The van der Waals surface area contributed by atoms with Gasteiger partial charge in [-0.15, -0.1) is 0 Å². The second-order valence-corrected chi connectivity index (χ2v) is 9.82. The Morgan fingerprint density at radius 2 is 1.88 bits per heavy atom. The van der Waals surface area contributed by atoms with E-state index >= 15 is 0 Å². The number of aromatic nitrogens is 3. The number of piperidine rings is 1. The smallest absolute Gasteiger partial charge is 0.244 e. The normalized spacial score (nSPS) is 15.1. The zero-order chi connectivity index (χ0) is 24.1. The van der Waals surface area contributed by atoms with Crippen LogP contribution in [0.2, 0.25) is 0 Å². The van der Waals surface area contributed by atoms with E-state index in [0.717, 1.165) is 5.56 Å². The first-order chi connectivity index (χ1) is 16.4. The van der Waals surface area contributed by atoms with E-state index in [9.17, 15) is 13.2 Å². The third kappa shape index (κ3) is 4.90. The van der Waals surface area contributed by atoms with E-state index in [1.807, 2.05) is 18.2 Å². The van der Waals surface area contributed by atoms with E-state index in [1.165, 1.54) is 22.8 Å². The van der Waals surface area contributed by atoms with Gasteiger partial charge in [0, 0.05) is 43.0 Å². The number of sulfonamides is 1. The number of rotatable bonds is 8. The van der Waals surface area contributed by atoms with Crippen molar-refractivity contribution in [2.45, 2.75) is 24.3 Å². The number of amides is 1. The molecule has 4 rings (SSSR count). The number of nitrogens with one attached hydrogen (secondary N) is 1. The van der Waals surface area contributed by atoms with Crippen molar-refractivity contribution in [1.82, 2.24) is 19.1 Å². The molecule has 11 heteroatoms. The summed E-state index contributed by atoms with van der Waals surface area (Å²) in [5, 5.41) is 7.27. The van der Waals surface area contributed by atoms with Gasteiger partial charge in [0.2, 0.25) is 15.9 Å². The number of para-hydroxylation sites is 1. The number of hydrogen-bond donors (Lipinski definition) is 1. The van der Waals surface area contributed by atoms with Crippen molar-refractivity contribution in [3.05, 3.63) is 60.6 Å². The molecular formula is C23H27N5O5S. The Labute approximate surface area is 198 Å². The molecule has 0 saturated carbocycles. The van der Waals surface area contributed by atoms with Crippen molar-refractivity contribution in [2.75, 3.05) is 32.6 Å². The molecule has 0 spiro atoms. The van der Waals surface area contributed by atoms with Gasteiger partial charge >= 0.3 is 0 Å². The quantitative estimate of drug-likeness (QED) is 0.521. The van der Waals surface area contributed by atoms with Gasteiger partial charge in [0.05, 0.1) is 27.0 Å². The molecule has 0 atom stereocenters. The van der Waals surface area contributed by atoms with Crippen LogP contribution in [0.1, 0.15) is 18.4 Å². The van der Waals surface area contributed by atoms with Crippen LogP contribution >= 0.6 is 0 Å². The summed E-state index contributed by atoms with van der Waals surface area (Å²) in [4.78, 5) is 17.0. The molecule has 0 unspecified atom stereocenters. The van der Waals surface area contributed by atoms with Gasteiger partial charge in [0.1, 0.15) is 10.7 Å². The largest absolute Gasteiger partial charge is 0.493 e. The number of methoxy groups -OCH3 is 2. The lowest BCUT2D eigenvalue weighted by Gasteiger charge is -2.30. The number of hydrogen-bond acceptors (Lipinski definition) is 7. The van der Waals surface area contributed by atoms with E-state index < -0.39 is 10.0 Å². The highest BCUT2D eigenvalue weighted by molar-refractivity contribution is 7.89. The Morgan fingerprint density at radius 3 is 2.56 bits per heavy atom. The molecule has 1 fully saturated rings. The van der Waals surface area contributed by atoms with Crippen molar-refractivity contribution in [3.63, 3.8) is 0 Å². The molecular weight excluding hydrogens is 458 g/mol. The topological polar surface area (TPSA) is 116 Å². The van der Waals surface area contributed by atoms with Crippen LogP contribution in [0.25, 0.3) is 0 Å². The second kappa shape index (κ2) is 10.2. The first kappa shape index (κ1) is 23.7. The number of pyridine rings is 1. The summed E-state index contributed by atoms with van der Waals surface area (Å²) in [7, 11) is -0.457. The van der Waals surface area contributed by atoms with Crippen LogP contribution in [-0.4, -0.2) is 60.7 Å². The van der Waals surface area contributed by atoms with E-state index in [-0.39, 0.29) is 29.8 Å². The van der Waals surface area contributed by atoms with Gasteiger partial charge in [-0.2, -0.15) is 9.40 Å². The van der Waals surface area contributed by atoms with Gasteiger partial charge in [-0.05, 0) is 31.0 Å². The van der Waals surface area contributed by atoms with E-state index in [0.29, 0.717) is 36.7 Å². The number of carbonyl (C=O) groups is 1. The molecule has 180 valence electrons. The van der Waals surface area contributed by atoms with Crippen LogP contribution in [0.15, 0.2) is 59.9 Å². The van der Waals surface area contributed by atoms with Gasteiger partial charge in [0.15, 0.2) is 11.5 Å². The Morgan fingerprint density at radius 1 is 1.09 bits per heavy atom. The summed E-state index contributed by atoms with van der Waals surface area (Å²) in [5.41, 5.74) is 0.856. The highest BCUT2D eigenvalue weighted by atomic mass is 32.2. The lowest BCUT2D eigenvalue weighted by molar-refractivity contribution is -0.121. The maximum atomic E-state index is 12.9. The van der Waals surface area contributed by atoms with E-state index in [1.54, 1.807) is 37.2 Å². The van der Waals surface area contributed by atoms with Crippen molar-refractivity contribution < 1.29 is 22.7 Å². The molecule has 1 aromatic carbocycles. The van der Waals surface area contributed by atoms with E-state index in [4.69, 9.17) is 9.47 Å². The molecule has 1 saturated heterocycles. The lowest BCUT2D eigenvalue weighted by Crippen LogP contribution is -2.41. The molecule has 1 N–H and O–H groups in total. The van der Waals surface area contributed by atoms with Gasteiger partial charge in [0.25, 0.3) is 0 Å². The molecule has 3 aromatic rings. The van der Waals surface area contributed by atoms with Crippen molar-refractivity contribution in [3.8, 4) is 11.5 Å². The van der Waals surface area contributed by atoms with Crippen molar-refractivity contribution in [1.29, 1.82) is 0 Å². The van der Waals surface area contributed by atoms with E-state index in [2.05, 4.69) is 15.4 Å². The number of anilines is 1. The third-order valence-electron chi connectivity index (χ3n) is 5.87. The van der Waals surface area contributed by atoms with Crippen LogP contribution in [-0.2, 0) is 21.4 Å². The average Bonchev–Trinajstić information content (AvgIpc) is 3.30. The third-order valence-corrected chi connectivity index (χ3v) is 7.75. The summed E-state index contributed by atoms with van der Waals surface area (Å²) >= 11 is 0. The first-order valence-corrected chi connectivity index (χ1v) is 12.3. The SMILES string of the molecule is COc1cccc(Cn2nccc2NC(=O)C2CCN(S(=O)(=O)c3cccnc3)CC2)c1OC. The molecule has 0 radical (unpaired) electrons. The van der Waals surface area contributed by atoms with Gasteiger partial charge < -0.3 is 14.8 Å². The maximum Gasteiger partial charge on any atom is 0.244 e. The predicted octanol–water partition coefficient (Wildman–Crippen LogP) is 2.38. The number of benzene rings is 1. The summed E-state index contributed by atoms with van der Waals surface area (Å²) in [6, 6.07) is 10.4.